The van der Waals surface area contributed by atoms with Gasteiger partial charge in [0.2, 0.25) is 0 Å². The molecule has 0 saturated carbocycles. The predicted octanol–water partition coefficient (Wildman–Crippen LogP) is 4.62. The van der Waals surface area contributed by atoms with Crippen molar-refractivity contribution in [1.82, 2.24) is 10.5 Å². The fourth-order valence-electron chi connectivity index (χ4n) is 2.63. The summed E-state index contributed by atoms with van der Waals surface area (Å²) < 4.78 is 10.8. The van der Waals surface area contributed by atoms with E-state index in [2.05, 4.69) is 10.5 Å². The summed E-state index contributed by atoms with van der Waals surface area (Å²) in [6.45, 7) is 6.00. The summed E-state index contributed by atoms with van der Waals surface area (Å²) in [7, 11) is 0. The number of hydrogen-bond donors (Lipinski definition) is 1. The van der Waals surface area contributed by atoms with Gasteiger partial charge in [0.15, 0.2) is 12.4 Å². The zero-order valence-corrected chi connectivity index (χ0v) is 16.3. The molecule has 0 aliphatic heterocycles. The van der Waals surface area contributed by atoms with Crippen LogP contribution in [-0.4, -0.2) is 17.7 Å². The van der Waals surface area contributed by atoms with Crippen LogP contribution >= 0.6 is 11.6 Å². The molecular formula is C21H21ClN2O3. The number of rotatable bonds is 6. The second kappa shape index (κ2) is 8.27. The smallest absolute Gasteiger partial charge is 0.258 e. The number of aryl methyl sites for hydroxylation is 3. The van der Waals surface area contributed by atoms with Crippen molar-refractivity contribution >= 4 is 17.5 Å². The van der Waals surface area contributed by atoms with Gasteiger partial charge in [-0.1, -0.05) is 46.6 Å². The van der Waals surface area contributed by atoms with E-state index in [1.807, 2.05) is 63.2 Å². The van der Waals surface area contributed by atoms with E-state index in [9.17, 15) is 4.79 Å². The lowest BCUT2D eigenvalue weighted by Crippen LogP contribution is -2.28. The van der Waals surface area contributed by atoms with Gasteiger partial charge in [-0.05, 0) is 44.0 Å². The lowest BCUT2D eigenvalue weighted by molar-refractivity contribution is -0.123. The number of benzene rings is 2. The molecule has 0 radical (unpaired) electrons. The van der Waals surface area contributed by atoms with Crippen molar-refractivity contribution in [2.45, 2.75) is 27.3 Å². The van der Waals surface area contributed by atoms with Gasteiger partial charge >= 0.3 is 0 Å². The van der Waals surface area contributed by atoms with Crippen molar-refractivity contribution in [2.75, 3.05) is 6.61 Å². The molecule has 0 atom stereocenters. The zero-order valence-electron chi connectivity index (χ0n) is 15.5. The van der Waals surface area contributed by atoms with Gasteiger partial charge in [0, 0.05) is 16.7 Å². The summed E-state index contributed by atoms with van der Waals surface area (Å²) in [4.78, 5) is 12.0. The molecule has 6 heteroatoms. The van der Waals surface area contributed by atoms with Crippen molar-refractivity contribution in [3.05, 3.63) is 69.9 Å². The van der Waals surface area contributed by atoms with Crippen LogP contribution in [0.4, 0.5) is 0 Å². The van der Waals surface area contributed by atoms with Crippen LogP contribution in [0.1, 0.15) is 22.5 Å². The maximum atomic E-state index is 12.0. The number of carbonyl (C=O) groups is 1. The molecule has 1 N–H and O–H groups in total. The Labute approximate surface area is 163 Å². The van der Waals surface area contributed by atoms with Gasteiger partial charge in [-0.3, -0.25) is 4.79 Å². The normalized spacial score (nSPS) is 10.7. The van der Waals surface area contributed by atoms with E-state index in [0.717, 1.165) is 22.4 Å². The number of carbonyl (C=O) groups excluding carboxylic acids is 1. The molecule has 0 fully saturated rings. The van der Waals surface area contributed by atoms with Crippen LogP contribution in [0.2, 0.25) is 5.02 Å². The van der Waals surface area contributed by atoms with E-state index >= 15 is 0 Å². The quantitative estimate of drug-likeness (QED) is 0.673. The Morgan fingerprint density at radius 3 is 2.44 bits per heavy atom. The third kappa shape index (κ3) is 4.89. The molecule has 0 aliphatic rings. The van der Waals surface area contributed by atoms with E-state index in [1.54, 1.807) is 0 Å². The summed E-state index contributed by atoms with van der Waals surface area (Å²) in [6.07, 6.45) is 0. The molecule has 140 valence electrons. The molecule has 27 heavy (non-hydrogen) atoms. The number of nitrogens with one attached hydrogen (secondary N) is 1. The molecule has 3 rings (SSSR count). The van der Waals surface area contributed by atoms with Crippen LogP contribution in [0.3, 0.4) is 0 Å². The Balaban J connectivity index is 1.52. The summed E-state index contributed by atoms with van der Waals surface area (Å²) >= 11 is 6.13. The Kier molecular flexibility index (Phi) is 5.81. The second-order valence-electron chi connectivity index (χ2n) is 6.48. The molecule has 0 saturated heterocycles. The number of halogens is 1. The van der Waals surface area contributed by atoms with E-state index < -0.39 is 0 Å². The summed E-state index contributed by atoms with van der Waals surface area (Å²) in [5.41, 5.74) is 4.72. The van der Waals surface area contributed by atoms with Gasteiger partial charge in [-0.25, -0.2) is 0 Å². The topological polar surface area (TPSA) is 64.4 Å². The SMILES string of the molecule is Cc1ccc(-c2cc(CNC(=O)COc3cc(C)c(Cl)c(C)c3)on2)cc1. The molecule has 3 aromatic rings. The van der Waals surface area contributed by atoms with Gasteiger partial charge in [-0.15, -0.1) is 0 Å². The molecule has 0 spiro atoms. The molecule has 0 bridgehead atoms. The first-order chi connectivity index (χ1) is 12.9. The minimum Gasteiger partial charge on any atom is -0.484 e. The number of nitrogens with zero attached hydrogens (tertiary/aromatic N) is 1. The minimum absolute atomic E-state index is 0.0839. The molecule has 0 unspecified atom stereocenters. The summed E-state index contributed by atoms with van der Waals surface area (Å²) in [5, 5.41) is 7.51. The van der Waals surface area contributed by atoms with Crippen LogP contribution in [0.25, 0.3) is 11.3 Å². The maximum absolute atomic E-state index is 12.0. The van der Waals surface area contributed by atoms with E-state index in [1.165, 1.54) is 5.56 Å². The average Bonchev–Trinajstić information content (AvgIpc) is 3.12. The van der Waals surface area contributed by atoms with E-state index in [0.29, 0.717) is 16.5 Å². The molecule has 0 aliphatic carbocycles. The van der Waals surface area contributed by atoms with Crippen LogP contribution in [0.5, 0.6) is 5.75 Å². The lowest BCUT2D eigenvalue weighted by Gasteiger charge is -2.09. The fourth-order valence-corrected chi connectivity index (χ4v) is 2.74. The third-order valence-electron chi connectivity index (χ3n) is 4.15. The Morgan fingerprint density at radius 2 is 1.78 bits per heavy atom. The van der Waals surface area contributed by atoms with Crippen LogP contribution in [0, 0.1) is 20.8 Å². The van der Waals surface area contributed by atoms with Crippen molar-refractivity contribution in [3.8, 4) is 17.0 Å². The zero-order chi connectivity index (χ0) is 19.4. The summed E-state index contributed by atoms with van der Waals surface area (Å²) in [5.74, 6) is 0.955. The maximum Gasteiger partial charge on any atom is 0.258 e. The third-order valence-corrected chi connectivity index (χ3v) is 4.74. The van der Waals surface area contributed by atoms with Gasteiger partial charge in [0.05, 0.1) is 6.54 Å². The number of ether oxygens (including phenoxy) is 1. The molecule has 1 amide bonds. The molecule has 1 heterocycles. The van der Waals surface area contributed by atoms with Gasteiger partial charge < -0.3 is 14.6 Å². The highest BCUT2D eigenvalue weighted by Crippen LogP contribution is 2.25. The molecule has 5 nitrogen and oxygen atoms in total. The Morgan fingerprint density at radius 1 is 1.11 bits per heavy atom. The standard InChI is InChI=1S/C21H21ClN2O3/c1-13-4-6-16(7-5-13)19-10-18(27-24-19)11-23-20(25)12-26-17-8-14(2)21(22)15(3)9-17/h4-10H,11-12H2,1-3H3,(H,23,25). The van der Waals surface area contributed by atoms with Crippen LogP contribution in [-0.2, 0) is 11.3 Å². The van der Waals surface area contributed by atoms with Gasteiger partial charge in [0.1, 0.15) is 11.4 Å². The average molecular weight is 385 g/mol. The van der Waals surface area contributed by atoms with Gasteiger partial charge in [0.25, 0.3) is 5.91 Å². The van der Waals surface area contributed by atoms with E-state index in [4.69, 9.17) is 20.9 Å². The Bertz CT molecular complexity index is 925. The largest absolute Gasteiger partial charge is 0.484 e. The molecular weight excluding hydrogens is 364 g/mol. The highest BCUT2D eigenvalue weighted by Gasteiger charge is 2.10. The first-order valence-electron chi connectivity index (χ1n) is 8.61. The predicted molar refractivity (Wildman–Crippen MR) is 105 cm³/mol. The van der Waals surface area contributed by atoms with Crippen molar-refractivity contribution in [3.63, 3.8) is 0 Å². The first-order valence-corrected chi connectivity index (χ1v) is 8.99. The van der Waals surface area contributed by atoms with E-state index in [-0.39, 0.29) is 19.1 Å². The summed E-state index contributed by atoms with van der Waals surface area (Å²) in [6, 6.07) is 13.4. The number of hydrogen-bond acceptors (Lipinski definition) is 4. The van der Waals surface area contributed by atoms with Crippen molar-refractivity contribution in [2.24, 2.45) is 0 Å². The minimum atomic E-state index is -0.242. The second-order valence-corrected chi connectivity index (χ2v) is 6.86. The lowest BCUT2D eigenvalue weighted by atomic mass is 10.1. The van der Waals surface area contributed by atoms with Gasteiger partial charge in [-0.2, -0.15) is 0 Å². The first kappa shape index (κ1) is 19.0. The molecule has 2 aromatic carbocycles. The van der Waals surface area contributed by atoms with Crippen molar-refractivity contribution < 1.29 is 14.1 Å². The molecule has 1 aromatic heterocycles. The number of amides is 1. The fraction of sp³-hybridized carbons (Fsp3) is 0.238. The van der Waals surface area contributed by atoms with Crippen molar-refractivity contribution in [1.29, 1.82) is 0 Å². The monoisotopic (exact) mass is 384 g/mol. The highest BCUT2D eigenvalue weighted by atomic mass is 35.5. The highest BCUT2D eigenvalue weighted by molar-refractivity contribution is 6.32. The van der Waals surface area contributed by atoms with Crippen LogP contribution in [0.15, 0.2) is 47.0 Å². The Hall–Kier alpha value is -2.79. The number of aromatic nitrogens is 1. The van der Waals surface area contributed by atoms with Crippen LogP contribution < -0.4 is 10.1 Å².